The molecule has 0 saturated heterocycles. The van der Waals surface area contributed by atoms with Crippen molar-refractivity contribution >= 4 is 5.91 Å². The summed E-state index contributed by atoms with van der Waals surface area (Å²) >= 11 is 0. The maximum Gasteiger partial charge on any atom is 0.222 e. The average molecular weight is 361 g/mol. The zero-order valence-electron chi connectivity index (χ0n) is 16.3. The van der Waals surface area contributed by atoms with Crippen molar-refractivity contribution < 1.29 is 19.0 Å². The quantitative estimate of drug-likeness (QED) is 0.808. The topological polar surface area (TPSA) is 48.0 Å². The summed E-state index contributed by atoms with van der Waals surface area (Å²) in [5.41, 5.74) is 2.52. The second-order valence-corrected chi connectivity index (χ2v) is 7.45. The Morgan fingerprint density at radius 1 is 1.04 bits per heavy atom. The molecular formula is C21H31NO4. The summed E-state index contributed by atoms with van der Waals surface area (Å²) in [7, 11) is 5.10. The lowest BCUT2D eigenvalue weighted by atomic mass is 9.85. The van der Waals surface area contributed by atoms with Crippen molar-refractivity contribution in [1.82, 2.24) is 4.90 Å². The number of carbonyl (C=O) groups excluding carboxylic acids is 1. The highest BCUT2D eigenvalue weighted by Gasteiger charge is 2.27. The van der Waals surface area contributed by atoms with Crippen LogP contribution in [0.4, 0.5) is 0 Å². The molecule has 1 aromatic carbocycles. The molecule has 3 rings (SSSR count). The van der Waals surface area contributed by atoms with E-state index in [1.807, 2.05) is 4.90 Å². The number of carbonyl (C=O) groups is 1. The van der Waals surface area contributed by atoms with Crippen LogP contribution in [0.1, 0.15) is 43.2 Å². The Hall–Kier alpha value is -1.75. The van der Waals surface area contributed by atoms with E-state index in [1.54, 1.807) is 21.3 Å². The van der Waals surface area contributed by atoms with Crippen LogP contribution in [-0.2, 0) is 22.4 Å². The highest BCUT2D eigenvalue weighted by molar-refractivity contribution is 5.76. The third-order valence-electron chi connectivity index (χ3n) is 5.89. The summed E-state index contributed by atoms with van der Waals surface area (Å²) < 4.78 is 16.3. The first-order valence-electron chi connectivity index (χ1n) is 9.69. The number of hydrogen-bond donors (Lipinski definition) is 0. The predicted molar refractivity (Wildman–Crippen MR) is 101 cm³/mol. The van der Waals surface area contributed by atoms with Crippen molar-refractivity contribution in [2.45, 2.75) is 51.0 Å². The van der Waals surface area contributed by atoms with Gasteiger partial charge in [0.25, 0.3) is 0 Å². The molecule has 1 fully saturated rings. The van der Waals surface area contributed by atoms with E-state index in [0.29, 0.717) is 24.3 Å². The van der Waals surface area contributed by atoms with Gasteiger partial charge in [0.1, 0.15) is 0 Å². The van der Waals surface area contributed by atoms with Gasteiger partial charge < -0.3 is 19.1 Å². The van der Waals surface area contributed by atoms with E-state index >= 15 is 0 Å². The van der Waals surface area contributed by atoms with Gasteiger partial charge in [-0.25, -0.2) is 0 Å². The molecule has 0 radical (unpaired) electrons. The molecule has 1 heterocycles. The van der Waals surface area contributed by atoms with E-state index in [-0.39, 0.29) is 0 Å². The molecule has 2 atom stereocenters. The summed E-state index contributed by atoms with van der Waals surface area (Å²) in [6, 6.07) is 4.12. The van der Waals surface area contributed by atoms with Gasteiger partial charge in [0.2, 0.25) is 5.91 Å². The Kier molecular flexibility index (Phi) is 6.41. The van der Waals surface area contributed by atoms with Gasteiger partial charge in [-0.1, -0.05) is 6.42 Å². The second-order valence-electron chi connectivity index (χ2n) is 7.45. The third kappa shape index (κ3) is 4.32. The minimum absolute atomic E-state index is 0.290. The van der Waals surface area contributed by atoms with Crippen LogP contribution in [0, 0.1) is 5.92 Å². The zero-order chi connectivity index (χ0) is 18.5. The van der Waals surface area contributed by atoms with Crippen LogP contribution >= 0.6 is 0 Å². The maximum absolute atomic E-state index is 12.8. The summed E-state index contributed by atoms with van der Waals surface area (Å²) in [6.45, 7) is 1.56. The Balaban J connectivity index is 1.62. The van der Waals surface area contributed by atoms with Gasteiger partial charge >= 0.3 is 0 Å². The second kappa shape index (κ2) is 8.76. The fraction of sp³-hybridized carbons (Fsp3) is 0.667. The van der Waals surface area contributed by atoms with E-state index in [4.69, 9.17) is 14.2 Å². The first kappa shape index (κ1) is 19.0. The highest BCUT2D eigenvalue weighted by Crippen LogP contribution is 2.33. The molecule has 144 valence electrons. The number of ether oxygens (including phenoxy) is 3. The molecular weight excluding hydrogens is 330 g/mol. The van der Waals surface area contributed by atoms with Crippen LogP contribution in [0.15, 0.2) is 12.1 Å². The largest absolute Gasteiger partial charge is 0.493 e. The van der Waals surface area contributed by atoms with E-state index in [0.717, 1.165) is 56.7 Å². The van der Waals surface area contributed by atoms with Crippen molar-refractivity contribution in [2.24, 2.45) is 5.92 Å². The lowest BCUT2D eigenvalue weighted by Gasteiger charge is -2.29. The number of nitrogens with zero attached hydrogens (tertiary/aromatic N) is 1. The zero-order valence-corrected chi connectivity index (χ0v) is 16.3. The van der Waals surface area contributed by atoms with Gasteiger partial charge in [0, 0.05) is 26.6 Å². The number of methoxy groups -OCH3 is 3. The third-order valence-corrected chi connectivity index (χ3v) is 5.89. The fourth-order valence-electron chi connectivity index (χ4n) is 4.32. The summed E-state index contributed by atoms with van der Waals surface area (Å²) in [6.07, 6.45) is 7.18. The fourth-order valence-corrected chi connectivity index (χ4v) is 4.32. The number of fused-ring (bicyclic) bond motifs is 1. The molecule has 5 nitrogen and oxygen atoms in total. The van der Waals surface area contributed by atoms with Gasteiger partial charge in [-0.3, -0.25) is 4.79 Å². The lowest BCUT2D eigenvalue weighted by molar-refractivity contribution is -0.132. The van der Waals surface area contributed by atoms with Gasteiger partial charge in [-0.05, 0) is 61.3 Å². The molecule has 0 spiro atoms. The molecule has 1 saturated carbocycles. The van der Waals surface area contributed by atoms with Gasteiger partial charge in [0.05, 0.1) is 20.3 Å². The van der Waals surface area contributed by atoms with Gasteiger partial charge in [-0.2, -0.15) is 0 Å². The molecule has 1 aromatic rings. The predicted octanol–water partition coefficient (Wildman–Crippen LogP) is 3.23. The minimum Gasteiger partial charge on any atom is -0.493 e. The Bertz CT molecular complexity index is 596. The molecule has 0 aromatic heterocycles. The van der Waals surface area contributed by atoms with Crippen LogP contribution in [0.3, 0.4) is 0 Å². The van der Waals surface area contributed by atoms with Gasteiger partial charge in [0.15, 0.2) is 11.5 Å². The van der Waals surface area contributed by atoms with Crippen LogP contribution in [0.25, 0.3) is 0 Å². The number of rotatable bonds is 5. The van der Waals surface area contributed by atoms with Crippen molar-refractivity contribution in [3.8, 4) is 11.5 Å². The molecule has 0 N–H and O–H groups in total. The smallest absolute Gasteiger partial charge is 0.222 e. The Morgan fingerprint density at radius 3 is 2.19 bits per heavy atom. The van der Waals surface area contributed by atoms with Crippen molar-refractivity contribution in [3.05, 3.63) is 23.3 Å². The SMILES string of the molecule is COc1cc2c(cc1OC)CCN(C(=O)CC1CCCC(OC)C1)CC2. The first-order chi connectivity index (χ1) is 12.6. The molecule has 1 aliphatic carbocycles. The molecule has 5 heteroatoms. The van der Waals surface area contributed by atoms with Crippen LogP contribution in [-0.4, -0.2) is 51.3 Å². The Morgan fingerprint density at radius 2 is 1.65 bits per heavy atom. The number of amides is 1. The van der Waals surface area contributed by atoms with E-state index in [9.17, 15) is 4.79 Å². The number of benzene rings is 1. The minimum atomic E-state index is 0.290. The summed E-state index contributed by atoms with van der Waals surface area (Å²) in [5, 5.41) is 0. The molecule has 26 heavy (non-hydrogen) atoms. The number of hydrogen-bond acceptors (Lipinski definition) is 4. The normalized spacial score (nSPS) is 23.1. The molecule has 2 aliphatic rings. The van der Waals surface area contributed by atoms with E-state index < -0.39 is 0 Å². The maximum atomic E-state index is 12.8. The standard InChI is InChI=1S/C21H31NO4/c1-24-18-6-4-5-15(11-18)12-21(23)22-9-7-16-13-19(25-2)20(26-3)14-17(16)8-10-22/h13-15,18H,4-12H2,1-3H3. The molecule has 1 amide bonds. The van der Waals surface area contributed by atoms with E-state index in [1.165, 1.54) is 17.5 Å². The summed E-state index contributed by atoms with van der Waals surface area (Å²) in [5.74, 6) is 2.28. The average Bonchev–Trinajstić information content (AvgIpc) is 2.89. The van der Waals surface area contributed by atoms with Crippen molar-refractivity contribution in [2.75, 3.05) is 34.4 Å². The van der Waals surface area contributed by atoms with Crippen molar-refractivity contribution in [3.63, 3.8) is 0 Å². The van der Waals surface area contributed by atoms with E-state index in [2.05, 4.69) is 12.1 Å². The monoisotopic (exact) mass is 361 g/mol. The van der Waals surface area contributed by atoms with Crippen molar-refractivity contribution in [1.29, 1.82) is 0 Å². The lowest BCUT2D eigenvalue weighted by Crippen LogP contribution is -2.35. The summed E-state index contributed by atoms with van der Waals surface area (Å²) in [4.78, 5) is 14.9. The van der Waals surface area contributed by atoms with Gasteiger partial charge in [-0.15, -0.1) is 0 Å². The Labute approximate surface area is 156 Å². The van der Waals surface area contributed by atoms with Crippen LogP contribution in [0.5, 0.6) is 11.5 Å². The first-order valence-corrected chi connectivity index (χ1v) is 9.69. The molecule has 1 aliphatic heterocycles. The molecule has 2 unspecified atom stereocenters. The van der Waals surface area contributed by atoms with Crippen LogP contribution < -0.4 is 9.47 Å². The highest BCUT2D eigenvalue weighted by atomic mass is 16.5. The van der Waals surface area contributed by atoms with Crippen LogP contribution in [0.2, 0.25) is 0 Å². The molecule has 0 bridgehead atoms.